The first kappa shape index (κ1) is 14.1. The third-order valence-electron chi connectivity index (χ3n) is 2.34. The molecule has 0 radical (unpaired) electrons. The quantitative estimate of drug-likeness (QED) is 0.800. The van der Waals surface area contributed by atoms with Crippen molar-refractivity contribution in [1.82, 2.24) is 9.88 Å². The first-order valence-electron chi connectivity index (χ1n) is 5.47. The van der Waals surface area contributed by atoms with Crippen LogP contribution in [-0.4, -0.2) is 53.7 Å². The van der Waals surface area contributed by atoms with Gasteiger partial charge in [-0.2, -0.15) is 0 Å². The van der Waals surface area contributed by atoms with Gasteiger partial charge in [0.05, 0.1) is 12.2 Å². The number of aliphatic carboxylic acids is 1. The zero-order chi connectivity index (χ0) is 13.5. The second kappa shape index (κ2) is 6.70. The predicted octanol–water partition coefficient (Wildman–Crippen LogP) is 0.563. The van der Waals surface area contributed by atoms with Crippen molar-refractivity contribution in [3.63, 3.8) is 0 Å². The molecule has 1 heterocycles. The Hall–Kier alpha value is -1.95. The van der Waals surface area contributed by atoms with Gasteiger partial charge in [0.25, 0.3) is 5.91 Å². The molecule has 0 aliphatic heterocycles. The zero-order valence-corrected chi connectivity index (χ0v) is 10.4. The maximum absolute atomic E-state index is 12.1. The van der Waals surface area contributed by atoms with Gasteiger partial charge in [-0.15, -0.1) is 0 Å². The summed E-state index contributed by atoms with van der Waals surface area (Å²) in [4.78, 5) is 28.0. The number of aromatic nitrogens is 1. The number of hydrogen-bond donors (Lipinski definition) is 1. The van der Waals surface area contributed by atoms with E-state index in [4.69, 9.17) is 9.84 Å². The lowest BCUT2D eigenvalue weighted by molar-refractivity contribution is -0.137. The number of rotatable bonds is 6. The molecule has 0 spiro atoms. The third kappa shape index (κ3) is 4.14. The lowest BCUT2D eigenvalue weighted by atomic mass is 10.2. The Morgan fingerprint density at radius 2 is 2.17 bits per heavy atom. The van der Waals surface area contributed by atoms with Crippen LogP contribution in [0.15, 0.2) is 18.3 Å². The molecule has 0 fully saturated rings. The summed E-state index contributed by atoms with van der Waals surface area (Å²) < 4.78 is 4.86. The average Bonchev–Trinajstić information content (AvgIpc) is 2.34. The molecule has 0 bridgehead atoms. The number of carboxylic acids is 1. The first-order valence-corrected chi connectivity index (χ1v) is 5.47. The van der Waals surface area contributed by atoms with Gasteiger partial charge in [-0.1, -0.05) is 0 Å². The van der Waals surface area contributed by atoms with Crippen LogP contribution in [0.25, 0.3) is 0 Å². The van der Waals surface area contributed by atoms with E-state index in [-0.39, 0.29) is 25.6 Å². The van der Waals surface area contributed by atoms with Gasteiger partial charge in [0.15, 0.2) is 0 Å². The van der Waals surface area contributed by atoms with E-state index in [1.165, 1.54) is 18.2 Å². The van der Waals surface area contributed by atoms with Crippen LogP contribution in [-0.2, 0) is 9.53 Å². The Morgan fingerprint density at radius 1 is 1.44 bits per heavy atom. The van der Waals surface area contributed by atoms with Gasteiger partial charge in [-0.05, 0) is 19.1 Å². The summed E-state index contributed by atoms with van der Waals surface area (Å²) in [7, 11) is 1.50. The van der Waals surface area contributed by atoms with Crippen LogP contribution in [0.3, 0.4) is 0 Å². The number of carbonyl (C=O) groups is 2. The Labute approximate surface area is 105 Å². The van der Waals surface area contributed by atoms with Crippen LogP contribution < -0.4 is 0 Å². The highest BCUT2D eigenvalue weighted by molar-refractivity contribution is 5.95. The fourth-order valence-corrected chi connectivity index (χ4v) is 1.39. The minimum Gasteiger partial charge on any atom is -0.480 e. The number of pyridine rings is 1. The van der Waals surface area contributed by atoms with Crippen LogP contribution >= 0.6 is 0 Å². The van der Waals surface area contributed by atoms with Crippen LogP contribution in [0, 0.1) is 6.92 Å². The van der Waals surface area contributed by atoms with Crippen LogP contribution in [0.1, 0.15) is 16.1 Å². The largest absolute Gasteiger partial charge is 0.480 e. The van der Waals surface area contributed by atoms with Crippen LogP contribution in [0.2, 0.25) is 0 Å². The van der Waals surface area contributed by atoms with Crippen molar-refractivity contribution in [2.75, 3.05) is 26.8 Å². The maximum atomic E-state index is 12.1. The fourth-order valence-electron chi connectivity index (χ4n) is 1.39. The Kier molecular flexibility index (Phi) is 5.26. The standard InChI is InChI=1S/C12H16N2O4/c1-9-3-4-10(7-13-9)12(17)14(5-6-18-2)8-11(15)16/h3-4,7H,5-6,8H2,1-2H3,(H,15,16). The van der Waals surface area contributed by atoms with Crippen molar-refractivity contribution in [2.24, 2.45) is 0 Å². The number of nitrogens with zero attached hydrogens (tertiary/aromatic N) is 2. The van der Waals surface area contributed by atoms with Crippen LogP contribution in [0.5, 0.6) is 0 Å². The minimum absolute atomic E-state index is 0.232. The lowest BCUT2D eigenvalue weighted by Crippen LogP contribution is -2.38. The molecular weight excluding hydrogens is 236 g/mol. The van der Waals surface area contributed by atoms with Gasteiger partial charge in [0, 0.05) is 25.5 Å². The molecule has 6 nitrogen and oxygen atoms in total. The van der Waals surface area contributed by atoms with E-state index in [9.17, 15) is 9.59 Å². The summed E-state index contributed by atoms with van der Waals surface area (Å²) in [5.41, 5.74) is 1.17. The number of carboxylic acid groups (broad SMARTS) is 1. The third-order valence-corrected chi connectivity index (χ3v) is 2.34. The van der Waals surface area contributed by atoms with Gasteiger partial charge in [-0.25, -0.2) is 0 Å². The second-order valence-corrected chi connectivity index (χ2v) is 3.80. The molecule has 0 unspecified atom stereocenters. The lowest BCUT2D eigenvalue weighted by Gasteiger charge is -2.20. The SMILES string of the molecule is COCCN(CC(=O)O)C(=O)c1ccc(C)nc1. The maximum Gasteiger partial charge on any atom is 0.323 e. The smallest absolute Gasteiger partial charge is 0.323 e. The van der Waals surface area contributed by atoms with Crippen molar-refractivity contribution in [3.05, 3.63) is 29.6 Å². The van der Waals surface area contributed by atoms with Gasteiger partial charge in [-0.3, -0.25) is 14.6 Å². The summed E-state index contributed by atoms with van der Waals surface area (Å²) in [6.07, 6.45) is 1.44. The van der Waals surface area contributed by atoms with Crippen molar-refractivity contribution in [1.29, 1.82) is 0 Å². The predicted molar refractivity (Wildman–Crippen MR) is 64.4 cm³/mol. The highest BCUT2D eigenvalue weighted by Crippen LogP contribution is 2.04. The summed E-state index contributed by atoms with van der Waals surface area (Å²) in [6.45, 7) is 1.98. The molecule has 0 aliphatic rings. The summed E-state index contributed by atoms with van der Waals surface area (Å²) in [5, 5.41) is 8.77. The normalized spacial score (nSPS) is 10.1. The molecule has 1 aromatic heterocycles. The van der Waals surface area contributed by atoms with Crippen molar-refractivity contribution in [2.45, 2.75) is 6.92 Å². The molecule has 0 aliphatic carbocycles. The molecule has 0 saturated carbocycles. The van der Waals surface area contributed by atoms with Crippen molar-refractivity contribution >= 4 is 11.9 Å². The highest BCUT2D eigenvalue weighted by atomic mass is 16.5. The van der Waals surface area contributed by atoms with E-state index in [1.54, 1.807) is 12.1 Å². The molecule has 1 aromatic rings. The summed E-state index contributed by atoms with van der Waals surface area (Å²) in [6, 6.07) is 3.34. The molecule has 1 N–H and O–H groups in total. The van der Waals surface area contributed by atoms with Crippen LogP contribution in [0.4, 0.5) is 0 Å². The highest BCUT2D eigenvalue weighted by Gasteiger charge is 2.18. The van der Waals surface area contributed by atoms with Crippen molar-refractivity contribution in [3.8, 4) is 0 Å². The second-order valence-electron chi connectivity index (χ2n) is 3.80. The van der Waals surface area contributed by atoms with Gasteiger partial charge < -0.3 is 14.7 Å². The van der Waals surface area contributed by atoms with E-state index in [2.05, 4.69) is 4.98 Å². The number of methoxy groups -OCH3 is 1. The Morgan fingerprint density at radius 3 is 2.67 bits per heavy atom. The van der Waals surface area contributed by atoms with Gasteiger partial charge >= 0.3 is 5.97 Å². The molecular formula is C12H16N2O4. The molecule has 1 amide bonds. The van der Waals surface area contributed by atoms with Crippen molar-refractivity contribution < 1.29 is 19.4 Å². The Bertz CT molecular complexity index is 417. The number of aryl methyl sites for hydroxylation is 1. The molecule has 6 heteroatoms. The summed E-state index contributed by atoms with van der Waals surface area (Å²) >= 11 is 0. The van der Waals surface area contributed by atoms with Gasteiger partial charge in [0.1, 0.15) is 6.54 Å². The monoisotopic (exact) mass is 252 g/mol. The molecule has 0 aromatic carbocycles. The van der Waals surface area contributed by atoms with E-state index in [0.717, 1.165) is 5.69 Å². The van der Waals surface area contributed by atoms with E-state index in [0.29, 0.717) is 5.56 Å². The molecule has 0 saturated heterocycles. The minimum atomic E-state index is -1.06. The number of hydrogen-bond acceptors (Lipinski definition) is 4. The van der Waals surface area contributed by atoms with E-state index in [1.807, 2.05) is 6.92 Å². The first-order chi connectivity index (χ1) is 8.54. The fraction of sp³-hybridized carbons (Fsp3) is 0.417. The number of carbonyl (C=O) groups excluding carboxylic acids is 1. The molecule has 1 rings (SSSR count). The molecule has 0 atom stereocenters. The molecule has 18 heavy (non-hydrogen) atoms. The van der Waals surface area contributed by atoms with E-state index < -0.39 is 5.97 Å². The molecule has 98 valence electrons. The number of ether oxygens (including phenoxy) is 1. The zero-order valence-electron chi connectivity index (χ0n) is 10.4. The van der Waals surface area contributed by atoms with Gasteiger partial charge in [0.2, 0.25) is 0 Å². The number of amides is 1. The average molecular weight is 252 g/mol. The summed E-state index contributed by atoms with van der Waals surface area (Å²) in [5.74, 6) is -1.42. The van der Waals surface area contributed by atoms with E-state index >= 15 is 0 Å². The topological polar surface area (TPSA) is 79.7 Å². The Balaban J connectivity index is 2.80.